The zero-order chi connectivity index (χ0) is 16.9. The van der Waals surface area contributed by atoms with Crippen LogP contribution in [0.5, 0.6) is 0 Å². The fourth-order valence-electron chi connectivity index (χ4n) is 2.83. The van der Waals surface area contributed by atoms with E-state index in [2.05, 4.69) is 31.5 Å². The van der Waals surface area contributed by atoms with Crippen molar-refractivity contribution in [3.63, 3.8) is 0 Å². The van der Waals surface area contributed by atoms with Crippen LogP contribution < -0.4 is 5.32 Å². The quantitative estimate of drug-likeness (QED) is 0.884. The summed E-state index contributed by atoms with van der Waals surface area (Å²) in [7, 11) is 4.08. The SMILES string of the molecule is CN(C)CCNc1cc(C2CN=NC2c2ccc(F)cc2)ccn1. The lowest BCUT2D eigenvalue weighted by Crippen LogP contribution is -2.21. The number of nitrogens with one attached hydrogen (secondary N) is 1. The monoisotopic (exact) mass is 327 g/mol. The van der Waals surface area contributed by atoms with Gasteiger partial charge >= 0.3 is 0 Å². The Morgan fingerprint density at radius 3 is 2.71 bits per heavy atom. The minimum atomic E-state index is -0.235. The van der Waals surface area contributed by atoms with Crippen LogP contribution in [-0.2, 0) is 0 Å². The van der Waals surface area contributed by atoms with E-state index in [4.69, 9.17) is 0 Å². The summed E-state index contributed by atoms with van der Waals surface area (Å²) >= 11 is 0. The molecule has 0 saturated carbocycles. The maximum absolute atomic E-state index is 13.1. The smallest absolute Gasteiger partial charge is 0.126 e. The minimum Gasteiger partial charge on any atom is -0.369 e. The summed E-state index contributed by atoms with van der Waals surface area (Å²) in [6.45, 7) is 2.42. The molecule has 1 aromatic carbocycles. The molecule has 0 saturated heterocycles. The Kier molecular flexibility index (Phi) is 5.15. The molecule has 3 rings (SSSR count). The van der Waals surface area contributed by atoms with Gasteiger partial charge in [0.25, 0.3) is 0 Å². The molecule has 24 heavy (non-hydrogen) atoms. The van der Waals surface area contributed by atoms with Gasteiger partial charge in [-0.3, -0.25) is 0 Å². The Balaban J connectivity index is 1.74. The lowest BCUT2D eigenvalue weighted by Gasteiger charge is -2.18. The van der Waals surface area contributed by atoms with E-state index in [1.807, 2.05) is 26.4 Å². The van der Waals surface area contributed by atoms with E-state index in [1.54, 1.807) is 12.1 Å². The Morgan fingerprint density at radius 1 is 1.17 bits per heavy atom. The number of nitrogens with zero attached hydrogens (tertiary/aromatic N) is 4. The second-order valence-electron chi connectivity index (χ2n) is 6.25. The van der Waals surface area contributed by atoms with Crippen molar-refractivity contribution in [2.75, 3.05) is 39.0 Å². The zero-order valence-electron chi connectivity index (χ0n) is 14.0. The predicted octanol–water partition coefficient (Wildman–Crippen LogP) is 3.48. The van der Waals surface area contributed by atoms with Gasteiger partial charge in [0.1, 0.15) is 17.7 Å². The van der Waals surface area contributed by atoms with Gasteiger partial charge in [0.05, 0.1) is 6.54 Å². The highest BCUT2D eigenvalue weighted by atomic mass is 19.1. The molecule has 0 amide bonds. The van der Waals surface area contributed by atoms with Crippen LogP contribution in [0.3, 0.4) is 0 Å². The average Bonchev–Trinajstić information content (AvgIpc) is 3.05. The minimum absolute atomic E-state index is 0.0670. The molecule has 0 fully saturated rings. The number of hydrogen-bond acceptors (Lipinski definition) is 5. The molecular weight excluding hydrogens is 305 g/mol. The third-order valence-corrected chi connectivity index (χ3v) is 4.15. The largest absolute Gasteiger partial charge is 0.369 e. The molecular formula is C18H22FN5. The van der Waals surface area contributed by atoms with Crippen molar-refractivity contribution in [1.29, 1.82) is 0 Å². The number of pyridine rings is 1. The van der Waals surface area contributed by atoms with E-state index < -0.39 is 0 Å². The van der Waals surface area contributed by atoms with E-state index >= 15 is 0 Å². The maximum atomic E-state index is 13.1. The van der Waals surface area contributed by atoms with Crippen LogP contribution >= 0.6 is 0 Å². The molecule has 1 N–H and O–H groups in total. The third-order valence-electron chi connectivity index (χ3n) is 4.15. The topological polar surface area (TPSA) is 52.9 Å². The van der Waals surface area contributed by atoms with Crippen molar-refractivity contribution in [2.45, 2.75) is 12.0 Å². The van der Waals surface area contributed by atoms with Crippen LogP contribution in [-0.4, -0.2) is 43.6 Å². The van der Waals surface area contributed by atoms with Crippen molar-refractivity contribution in [2.24, 2.45) is 10.2 Å². The number of anilines is 1. The van der Waals surface area contributed by atoms with Crippen molar-refractivity contribution in [1.82, 2.24) is 9.88 Å². The lowest BCUT2D eigenvalue weighted by molar-refractivity contribution is 0.425. The second-order valence-corrected chi connectivity index (χ2v) is 6.25. The van der Waals surface area contributed by atoms with E-state index in [-0.39, 0.29) is 17.8 Å². The highest BCUT2D eigenvalue weighted by Crippen LogP contribution is 2.39. The first-order chi connectivity index (χ1) is 11.6. The Labute approximate surface area is 141 Å². The summed E-state index contributed by atoms with van der Waals surface area (Å²) in [4.78, 5) is 6.50. The van der Waals surface area contributed by atoms with Gasteiger partial charge in [-0.2, -0.15) is 10.2 Å². The normalized spacial score (nSPS) is 19.8. The number of hydrogen-bond donors (Lipinski definition) is 1. The molecule has 2 unspecified atom stereocenters. The molecule has 2 heterocycles. The molecule has 1 aliphatic heterocycles. The van der Waals surface area contributed by atoms with Gasteiger partial charge in [-0.15, -0.1) is 0 Å². The van der Waals surface area contributed by atoms with Crippen LogP contribution in [0.1, 0.15) is 23.1 Å². The Morgan fingerprint density at radius 2 is 1.96 bits per heavy atom. The van der Waals surface area contributed by atoms with Gasteiger partial charge in [-0.1, -0.05) is 12.1 Å². The number of benzene rings is 1. The van der Waals surface area contributed by atoms with Crippen LogP contribution in [0.25, 0.3) is 0 Å². The third kappa shape index (κ3) is 3.94. The van der Waals surface area contributed by atoms with Crippen LogP contribution in [0.4, 0.5) is 10.2 Å². The summed E-state index contributed by atoms with van der Waals surface area (Å²) < 4.78 is 13.1. The molecule has 0 radical (unpaired) electrons. The van der Waals surface area contributed by atoms with Gasteiger partial charge < -0.3 is 10.2 Å². The van der Waals surface area contributed by atoms with Crippen LogP contribution in [0, 0.1) is 5.82 Å². The fraction of sp³-hybridized carbons (Fsp3) is 0.389. The van der Waals surface area contributed by atoms with Crippen LogP contribution in [0.15, 0.2) is 52.8 Å². The molecule has 6 heteroatoms. The van der Waals surface area contributed by atoms with Gasteiger partial charge in [-0.05, 0) is 49.5 Å². The van der Waals surface area contributed by atoms with Crippen LogP contribution in [0.2, 0.25) is 0 Å². The molecule has 5 nitrogen and oxygen atoms in total. The summed E-state index contributed by atoms with van der Waals surface area (Å²) in [6, 6.07) is 10.5. The molecule has 0 aliphatic carbocycles. The maximum Gasteiger partial charge on any atom is 0.126 e. The zero-order valence-corrected chi connectivity index (χ0v) is 14.0. The van der Waals surface area contributed by atoms with Crippen molar-refractivity contribution >= 4 is 5.82 Å². The first-order valence-electron chi connectivity index (χ1n) is 8.10. The van der Waals surface area contributed by atoms with Gasteiger partial charge in [0, 0.05) is 25.2 Å². The Bertz CT molecular complexity index is 699. The van der Waals surface area contributed by atoms with Gasteiger partial charge in [-0.25, -0.2) is 9.37 Å². The molecule has 1 aromatic heterocycles. The summed E-state index contributed by atoms with van der Waals surface area (Å²) in [6.07, 6.45) is 1.81. The van der Waals surface area contributed by atoms with E-state index in [0.717, 1.165) is 30.0 Å². The second kappa shape index (κ2) is 7.49. The van der Waals surface area contributed by atoms with E-state index in [9.17, 15) is 4.39 Å². The number of aromatic nitrogens is 1. The first-order valence-corrected chi connectivity index (χ1v) is 8.10. The molecule has 1 aliphatic rings. The van der Waals surface area contributed by atoms with Crippen molar-refractivity contribution in [3.05, 3.63) is 59.5 Å². The number of likely N-dealkylation sites (N-methyl/N-ethyl adjacent to an activating group) is 1. The number of rotatable bonds is 6. The average molecular weight is 327 g/mol. The van der Waals surface area contributed by atoms with Crippen molar-refractivity contribution < 1.29 is 4.39 Å². The fourth-order valence-corrected chi connectivity index (χ4v) is 2.83. The lowest BCUT2D eigenvalue weighted by atomic mass is 9.89. The van der Waals surface area contributed by atoms with Crippen molar-refractivity contribution in [3.8, 4) is 0 Å². The molecule has 2 atom stereocenters. The summed E-state index contributed by atoms with van der Waals surface area (Å²) in [5.74, 6) is 0.786. The summed E-state index contributed by atoms with van der Waals surface area (Å²) in [5.41, 5.74) is 2.14. The first kappa shape index (κ1) is 16.5. The highest BCUT2D eigenvalue weighted by molar-refractivity contribution is 5.40. The molecule has 0 bridgehead atoms. The standard InChI is InChI=1S/C18H22FN5/c1-24(2)10-9-21-17-11-14(7-8-20-17)16-12-22-23-18(16)13-3-5-15(19)6-4-13/h3-8,11,16,18H,9-10,12H2,1-2H3,(H,20,21). The molecule has 2 aromatic rings. The van der Waals surface area contributed by atoms with Gasteiger partial charge in [0.15, 0.2) is 0 Å². The van der Waals surface area contributed by atoms with E-state index in [1.165, 1.54) is 12.1 Å². The van der Waals surface area contributed by atoms with Gasteiger partial charge in [0.2, 0.25) is 0 Å². The number of azo groups is 1. The highest BCUT2D eigenvalue weighted by Gasteiger charge is 2.29. The Hall–Kier alpha value is -2.34. The number of halogens is 1. The summed E-state index contributed by atoms with van der Waals surface area (Å²) in [5, 5.41) is 11.9. The predicted molar refractivity (Wildman–Crippen MR) is 92.9 cm³/mol. The molecule has 0 spiro atoms. The van der Waals surface area contributed by atoms with E-state index in [0.29, 0.717) is 6.54 Å². The molecule has 126 valence electrons.